The first-order chi connectivity index (χ1) is 13.3. The van der Waals surface area contributed by atoms with Crippen LogP contribution in [0.25, 0.3) is 22.4 Å². The zero-order valence-corrected chi connectivity index (χ0v) is 16.6. The molecule has 0 N–H and O–H groups in total. The first-order valence-electron chi connectivity index (χ1n) is 8.94. The standard InChI is InChI=1S/C21H19ClFN5/c1-21(2,3)20-24-17(13-8-10-15(23)11-9-13)18-19(25-20)28(27-26-18)12-14-6-4-5-7-16(14)22/h4-11H,12H2,1-3H3. The maximum Gasteiger partial charge on any atom is 0.182 e. The molecule has 7 heteroatoms. The van der Waals surface area contributed by atoms with Crippen molar-refractivity contribution in [3.05, 3.63) is 70.8 Å². The van der Waals surface area contributed by atoms with Crippen LogP contribution in [0.1, 0.15) is 32.2 Å². The van der Waals surface area contributed by atoms with Gasteiger partial charge in [0.2, 0.25) is 0 Å². The molecule has 0 radical (unpaired) electrons. The van der Waals surface area contributed by atoms with Gasteiger partial charge in [0.25, 0.3) is 0 Å². The van der Waals surface area contributed by atoms with Crippen LogP contribution in [0, 0.1) is 5.82 Å². The number of benzene rings is 2. The number of aromatic nitrogens is 5. The van der Waals surface area contributed by atoms with Crippen LogP contribution in [0.15, 0.2) is 48.5 Å². The van der Waals surface area contributed by atoms with Crippen LogP contribution < -0.4 is 0 Å². The van der Waals surface area contributed by atoms with E-state index in [1.165, 1.54) is 12.1 Å². The molecule has 0 unspecified atom stereocenters. The topological polar surface area (TPSA) is 56.5 Å². The van der Waals surface area contributed by atoms with Gasteiger partial charge >= 0.3 is 0 Å². The molecule has 0 spiro atoms. The molecule has 0 aliphatic heterocycles. The summed E-state index contributed by atoms with van der Waals surface area (Å²) in [6.07, 6.45) is 0. The molecule has 0 bridgehead atoms. The summed E-state index contributed by atoms with van der Waals surface area (Å²) in [4.78, 5) is 9.48. The van der Waals surface area contributed by atoms with Crippen molar-refractivity contribution >= 4 is 22.8 Å². The van der Waals surface area contributed by atoms with Gasteiger partial charge in [-0.3, -0.25) is 0 Å². The van der Waals surface area contributed by atoms with E-state index < -0.39 is 0 Å². The fraction of sp³-hybridized carbons (Fsp3) is 0.238. The molecule has 0 saturated carbocycles. The third kappa shape index (κ3) is 3.47. The van der Waals surface area contributed by atoms with Gasteiger partial charge in [0.15, 0.2) is 11.2 Å². The minimum atomic E-state index is -0.299. The lowest BCUT2D eigenvalue weighted by Crippen LogP contribution is -2.17. The summed E-state index contributed by atoms with van der Waals surface area (Å²) >= 11 is 6.31. The van der Waals surface area contributed by atoms with Crippen molar-refractivity contribution < 1.29 is 4.39 Å². The van der Waals surface area contributed by atoms with Crippen LogP contribution in [0.4, 0.5) is 4.39 Å². The molecule has 0 atom stereocenters. The number of hydrogen-bond donors (Lipinski definition) is 0. The smallest absolute Gasteiger partial charge is 0.182 e. The predicted octanol–water partition coefficient (Wildman–Crippen LogP) is 5.03. The van der Waals surface area contributed by atoms with E-state index in [9.17, 15) is 4.39 Å². The Labute approximate surface area is 167 Å². The molecule has 2 aromatic heterocycles. The summed E-state index contributed by atoms with van der Waals surface area (Å²) in [5, 5.41) is 9.27. The van der Waals surface area contributed by atoms with E-state index in [2.05, 4.69) is 10.3 Å². The maximum atomic E-state index is 13.4. The first-order valence-corrected chi connectivity index (χ1v) is 9.32. The maximum absolute atomic E-state index is 13.4. The molecule has 4 rings (SSSR count). The molecule has 0 aliphatic rings. The second kappa shape index (κ2) is 6.95. The molecule has 0 fully saturated rings. The molecule has 28 heavy (non-hydrogen) atoms. The number of rotatable bonds is 3. The van der Waals surface area contributed by atoms with Gasteiger partial charge in [0.1, 0.15) is 17.3 Å². The minimum Gasteiger partial charge on any atom is -0.230 e. The Balaban J connectivity index is 1.91. The summed E-state index contributed by atoms with van der Waals surface area (Å²) in [6.45, 7) is 6.58. The largest absolute Gasteiger partial charge is 0.230 e. The fourth-order valence-electron chi connectivity index (χ4n) is 2.90. The van der Waals surface area contributed by atoms with E-state index in [0.717, 1.165) is 11.1 Å². The van der Waals surface area contributed by atoms with Crippen molar-refractivity contribution in [3.63, 3.8) is 0 Å². The molecule has 2 aromatic carbocycles. The van der Waals surface area contributed by atoms with Crippen LogP contribution >= 0.6 is 11.6 Å². The van der Waals surface area contributed by atoms with Crippen molar-refractivity contribution in [1.29, 1.82) is 0 Å². The van der Waals surface area contributed by atoms with Crippen LogP contribution in [0.2, 0.25) is 5.02 Å². The van der Waals surface area contributed by atoms with E-state index in [1.807, 2.05) is 45.0 Å². The second-order valence-corrected chi connectivity index (χ2v) is 8.07. The highest BCUT2D eigenvalue weighted by Gasteiger charge is 2.23. The monoisotopic (exact) mass is 395 g/mol. The van der Waals surface area contributed by atoms with Crippen molar-refractivity contribution in [1.82, 2.24) is 25.0 Å². The molecular weight excluding hydrogens is 377 g/mol. The third-order valence-electron chi connectivity index (χ3n) is 4.43. The van der Waals surface area contributed by atoms with E-state index in [-0.39, 0.29) is 11.2 Å². The van der Waals surface area contributed by atoms with Crippen LogP contribution in [0.5, 0.6) is 0 Å². The highest BCUT2D eigenvalue weighted by atomic mass is 35.5. The number of fused-ring (bicyclic) bond motifs is 1. The SMILES string of the molecule is CC(C)(C)c1nc(-c2ccc(F)cc2)c2nnn(Cc3ccccc3Cl)c2n1. The minimum absolute atomic E-state index is 0.275. The van der Waals surface area contributed by atoms with Gasteiger partial charge in [0, 0.05) is 16.0 Å². The van der Waals surface area contributed by atoms with Gasteiger partial charge in [-0.15, -0.1) is 5.10 Å². The van der Waals surface area contributed by atoms with E-state index in [1.54, 1.807) is 16.8 Å². The number of halogens is 2. The highest BCUT2D eigenvalue weighted by Crippen LogP contribution is 2.29. The van der Waals surface area contributed by atoms with Crippen LogP contribution in [0.3, 0.4) is 0 Å². The normalized spacial score (nSPS) is 11.9. The first kappa shape index (κ1) is 18.5. The molecule has 2 heterocycles. The molecule has 4 aromatic rings. The summed E-state index contributed by atoms with van der Waals surface area (Å²) in [5.74, 6) is 0.370. The summed E-state index contributed by atoms with van der Waals surface area (Å²) < 4.78 is 15.1. The lowest BCUT2D eigenvalue weighted by Gasteiger charge is -2.17. The lowest BCUT2D eigenvalue weighted by atomic mass is 9.95. The predicted molar refractivity (Wildman–Crippen MR) is 108 cm³/mol. The fourth-order valence-corrected chi connectivity index (χ4v) is 3.09. The van der Waals surface area contributed by atoms with Crippen LogP contribution in [-0.2, 0) is 12.0 Å². The van der Waals surface area contributed by atoms with Gasteiger partial charge in [-0.1, -0.05) is 55.8 Å². The van der Waals surface area contributed by atoms with E-state index in [0.29, 0.717) is 34.2 Å². The molecule has 142 valence electrons. The van der Waals surface area contributed by atoms with E-state index in [4.69, 9.17) is 21.6 Å². The average Bonchev–Trinajstić information content (AvgIpc) is 3.06. The van der Waals surface area contributed by atoms with Crippen molar-refractivity contribution in [2.45, 2.75) is 32.7 Å². The van der Waals surface area contributed by atoms with Gasteiger partial charge in [0.05, 0.1) is 6.54 Å². The second-order valence-electron chi connectivity index (χ2n) is 7.66. The molecule has 0 aliphatic carbocycles. The molecule has 0 saturated heterocycles. The Morgan fingerprint density at radius 2 is 1.71 bits per heavy atom. The lowest BCUT2D eigenvalue weighted by molar-refractivity contribution is 0.546. The Kier molecular flexibility index (Phi) is 4.59. The molecule has 0 amide bonds. The summed E-state index contributed by atoms with van der Waals surface area (Å²) in [7, 11) is 0. The van der Waals surface area contributed by atoms with Gasteiger partial charge in [-0.05, 0) is 35.9 Å². The number of nitrogens with zero attached hydrogens (tertiary/aromatic N) is 5. The quantitative estimate of drug-likeness (QED) is 0.488. The Morgan fingerprint density at radius 1 is 1.00 bits per heavy atom. The van der Waals surface area contributed by atoms with Crippen molar-refractivity contribution in [2.75, 3.05) is 0 Å². The van der Waals surface area contributed by atoms with E-state index >= 15 is 0 Å². The van der Waals surface area contributed by atoms with Crippen molar-refractivity contribution in [3.8, 4) is 11.3 Å². The Bertz CT molecular complexity index is 1150. The highest BCUT2D eigenvalue weighted by molar-refractivity contribution is 6.31. The third-order valence-corrected chi connectivity index (χ3v) is 4.80. The average molecular weight is 396 g/mol. The zero-order chi connectivity index (χ0) is 19.9. The molecular formula is C21H19ClFN5. The Hall–Kier alpha value is -2.86. The zero-order valence-electron chi connectivity index (χ0n) is 15.8. The van der Waals surface area contributed by atoms with Gasteiger partial charge < -0.3 is 0 Å². The number of hydrogen-bond acceptors (Lipinski definition) is 4. The summed E-state index contributed by atoms with van der Waals surface area (Å²) in [6, 6.07) is 13.8. The summed E-state index contributed by atoms with van der Waals surface area (Å²) in [5.41, 5.74) is 3.26. The molecule has 5 nitrogen and oxygen atoms in total. The van der Waals surface area contributed by atoms with Gasteiger partial charge in [-0.25, -0.2) is 19.0 Å². The van der Waals surface area contributed by atoms with Crippen LogP contribution in [-0.4, -0.2) is 25.0 Å². The van der Waals surface area contributed by atoms with Crippen molar-refractivity contribution in [2.24, 2.45) is 0 Å². The van der Waals surface area contributed by atoms with Gasteiger partial charge in [-0.2, -0.15) is 0 Å². The Morgan fingerprint density at radius 3 is 2.39 bits per heavy atom.